The third kappa shape index (κ3) is 2.96. The van der Waals surface area contributed by atoms with Gasteiger partial charge in [-0.1, -0.05) is 15.9 Å². The molecule has 104 valence electrons. The molecule has 0 aliphatic carbocycles. The van der Waals surface area contributed by atoms with E-state index in [2.05, 4.69) is 21.2 Å². The third-order valence-electron chi connectivity index (χ3n) is 2.73. The maximum absolute atomic E-state index is 13.7. The van der Waals surface area contributed by atoms with E-state index in [0.717, 1.165) is 12.1 Å². The summed E-state index contributed by atoms with van der Waals surface area (Å²) >= 11 is 2.96. The summed E-state index contributed by atoms with van der Waals surface area (Å²) in [6, 6.07) is 6.90. The van der Waals surface area contributed by atoms with Crippen molar-refractivity contribution in [2.24, 2.45) is 0 Å². The lowest BCUT2D eigenvalue weighted by molar-refractivity contribution is 0.101. The molecule has 20 heavy (non-hydrogen) atoms. The molecule has 3 N–H and O–H groups in total. The van der Waals surface area contributed by atoms with Gasteiger partial charge < -0.3 is 11.1 Å². The van der Waals surface area contributed by atoms with Crippen LogP contribution >= 0.6 is 15.9 Å². The van der Waals surface area contributed by atoms with E-state index in [4.69, 9.17) is 5.73 Å². The van der Waals surface area contributed by atoms with E-state index in [1.807, 2.05) is 0 Å². The SMILES string of the molecule is Cc1cc(N)ccc1NC(=O)c1c(F)cc(Br)cc1F. The van der Waals surface area contributed by atoms with Crippen LogP contribution in [0.3, 0.4) is 0 Å². The number of hydrogen-bond donors (Lipinski definition) is 2. The van der Waals surface area contributed by atoms with Gasteiger partial charge in [0.2, 0.25) is 0 Å². The van der Waals surface area contributed by atoms with Gasteiger partial charge in [0.05, 0.1) is 0 Å². The maximum atomic E-state index is 13.7. The molecule has 6 heteroatoms. The Morgan fingerprint density at radius 2 is 1.80 bits per heavy atom. The zero-order valence-corrected chi connectivity index (χ0v) is 12.1. The summed E-state index contributed by atoms with van der Waals surface area (Å²) in [5.41, 5.74) is 6.67. The first-order chi connectivity index (χ1) is 9.38. The van der Waals surface area contributed by atoms with Gasteiger partial charge in [-0.15, -0.1) is 0 Å². The maximum Gasteiger partial charge on any atom is 0.261 e. The molecule has 0 atom stereocenters. The second-order valence-corrected chi connectivity index (χ2v) is 5.19. The van der Waals surface area contributed by atoms with Crippen LogP contribution in [0.2, 0.25) is 0 Å². The Morgan fingerprint density at radius 3 is 2.35 bits per heavy atom. The average Bonchev–Trinajstić information content (AvgIpc) is 2.31. The molecule has 0 unspecified atom stereocenters. The van der Waals surface area contributed by atoms with Gasteiger partial charge in [-0.2, -0.15) is 0 Å². The number of nitrogens with two attached hydrogens (primary N) is 1. The Kier molecular flexibility index (Phi) is 4.04. The van der Waals surface area contributed by atoms with Crippen molar-refractivity contribution in [1.82, 2.24) is 0 Å². The molecule has 0 aliphatic rings. The van der Waals surface area contributed by atoms with Gasteiger partial charge in [0.1, 0.15) is 17.2 Å². The Balaban J connectivity index is 2.33. The van der Waals surface area contributed by atoms with Crippen LogP contribution in [-0.2, 0) is 0 Å². The molecule has 0 spiro atoms. The molecule has 0 saturated heterocycles. The van der Waals surface area contributed by atoms with E-state index in [9.17, 15) is 13.6 Å². The van der Waals surface area contributed by atoms with Crippen LogP contribution in [0.5, 0.6) is 0 Å². The van der Waals surface area contributed by atoms with E-state index in [1.54, 1.807) is 25.1 Å². The van der Waals surface area contributed by atoms with Gasteiger partial charge in [0, 0.05) is 15.8 Å². The number of hydrogen-bond acceptors (Lipinski definition) is 2. The fourth-order valence-electron chi connectivity index (χ4n) is 1.77. The van der Waals surface area contributed by atoms with Crippen LogP contribution in [-0.4, -0.2) is 5.91 Å². The quantitative estimate of drug-likeness (QED) is 0.815. The van der Waals surface area contributed by atoms with Crippen molar-refractivity contribution in [1.29, 1.82) is 0 Å². The predicted octanol–water partition coefficient (Wildman–Crippen LogP) is 3.87. The molecule has 0 aliphatic heterocycles. The van der Waals surface area contributed by atoms with Crippen molar-refractivity contribution in [2.75, 3.05) is 11.1 Å². The number of nitrogens with one attached hydrogen (secondary N) is 1. The van der Waals surface area contributed by atoms with Gasteiger partial charge >= 0.3 is 0 Å². The summed E-state index contributed by atoms with van der Waals surface area (Å²) in [5, 5.41) is 2.47. The highest BCUT2D eigenvalue weighted by Crippen LogP contribution is 2.22. The monoisotopic (exact) mass is 340 g/mol. The minimum Gasteiger partial charge on any atom is -0.399 e. The van der Waals surface area contributed by atoms with Crippen LogP contribution in [0.15, 0.2) is 34.8 Å². The molecular formula is C14H11BrF2N2O. The minimum atomic E-state index is -0.928. The molecule has 2 rings (SSSR count). The van der Waals surface area contributed by atoms with Crippen LogP contribution in [0, 0.1) is 18.6 Å². The lowest BCUT2D eigenvalue weighted by atomic mass is 10.1. The fourth-order valence-corrected chi connectivity index (χ4v) is 2.17. The van der Waals surface area contributed by atoms with Crippen molar-refractivity contribution >= 4 is 33.2 Å². The Morgan fingerprint density at radius 1 is 1.20 bits per heavy atom. The van der Waals surface area contributed by atoms with Crippen LogP contribution in [0.4, 0.5) is 20.2 Å². The van der Waals surface area contributed by atoms with Crippen molar-refractivity contribution < 1.29 is 13.6 Å². The number of carbonyl (C=O) groups excluding carboxylic acids is 1. The average molecular weight is 341 g/mol. The zero-order chi connectivity index (χ0) is 14.9. The van der Waals surface area contributed by atoms with E-state index < -0.39 is 23.1 Å². The number of halogens is 3. The highest BCUT2D eigenvalue weighted by atomic mass is 79.9. The zero-order valence-electron chi connectivity index (χ0n) is 10.5. The topological polar surface area (TPSA) is 55.1 Å². The van der Waals surface area contributed by atoms with Crippen molar-refractivity contribution in [2.45, 2.75) is 6.92 Å². The summed E-state index contributed by atoms with van der Waals surface area (Å²) in [7, 11) is 0. The van der Waals surface area contributed by atoms with Crippen LogP contribution < -0.4 is 11.1 Å². The molecular weight excluding hydrogens is 330 g/mol. The molecule has 0 saturated carbocycles. The molecule has 0 bridgehead atoms. The molecule has 2 aromatic rings. The predicted molar refractivity (Wildman–Crippen MR) is 77.6 cm³/mol. The number of amides is 1. The summed E-state index contributed by atoms with van der Waals surface area (Å²) in [6.07, 6.45) is 0. The number of anilines is 2. The number of benzene rings is 2. The highest BCUT2D eigenvalue weighted by molar-refractivity contribution is 9.10. The first-order valence-electron chi connectivity index (χ1n) is 5.70. The lowest BCUT2D eigenvalue weighted by Crippen LogP contribution is -2.16. The minimum absolute atomic E-state index is 0.229. The largest absolute Gasteiger partial charge is 0.399 e. The number of rotatable bonds is 2. The number of nitrogen functional groups attached to an aromatic ring is 1. The Hall–Kier alpha value is -1.95. The van der Waals surface area contributed by atoms with Crippen molar-refractivity contribution in [3.63, 3.8) is 0 Å². The molecule has 1 amide bonds. The summed E-state index contributed by atoms with van der Waals surface area (Å²) in [4.78, 5) is 12.0. The second-order valence-electron chi connectivity index (χ2n) is 4.27. The molecule has 0 heterocycles. The summed E-state index contributed by atoms with van der Waals surface area (Å²) < 4.78 is 27.6. The molecule has 0 fully saturated rings. The van der Waals surface area contributed by atoms with Crippen LogP contribution in [0.25, 0.3) is 0 Å². The smallest absolute Gasteiger partial charge is 0.261 e. The van der Waals surface area contributed by atoms with Gasteiger partial charge in [0.15, 0.2) is 0 Å². The lowest BCUT2D eigenvalue weighted by Gasteiger charge is -2.10. The summed E-state index contributed by atoms with van der Waals surface area (Å²) in [6.45, 7) is 1.74. The Bertz CT molecular complexity index is 666. The van der Waals surface area contributed by atoms with Crippen molar-refractivity contribution in [3.8, 4) is 0 Å². The van der Waals surface area contributed by atoms with Gasteiger partial charge in [0.25, 0.3) is 5.91 Å². The van der Waals surface area contributed by atoms with Gasteiger partial charge in [-0.25, -0.2) is 8.78 Å². The normalized spacial score (nSPS) is 10.4. The standard InChI is InChI=1S/C14H11BrF2N2O/c1-7-4-9(18)2-3-12(7)19-14(20)13-10(16)5-8(15)6-11(13)17/h2-6H,18H2,1H3,(H,19,20). The first kappa shape index (κ1) is 14.5. The summed E-state index contributed by atoms with van der Waals surface area (Å²) in [5.74, 6) is -2.70. The molecule has 0 aromatic heterocycles. The van der Waals surface area contributed by atoms with Gasteiger partial charge in [-0.05, 0) is 42.8 Å². The van der Waals surface area contributed by atoms with E-state index >= 15 is 0 Å². The van der Waals surface area contributed by atoms with E-state index in [-0.39, 0.29) is 4.47 Å². The number of carbonyl (C=O) groups is 1. The molecule has 2 aromatic carbocycles. The first-order valence-corrected chi connectivity index (χ1v) is 6.50. The Labute approximate surface area is 122 Å². The van der Waals surface area contributed by atoms with E-state index in [0.29, 0.717) is 16.9 Å². The molecule has 0 radical (unpaired) electrons. The number of aryl methyl sites for hydroxylation is 1. The van der Waals surface area contributed by atoms with Gasteiger partial charge in [-0.3, -0.25) is 4.79 Å². The van der Waals surface area contributed by atoms with Crippen LogP contribution in [0.1, 0.15) is 15.9 Å². The third-order valence-corrected chi connectivity index (χ3v) is 3.19. The fraction of sp³-hybridized carbons (Fsp3) is 0.0714. The van der Waals surface area contributed by atoms with Crippen molar-refractivity contribution in [3.05, 3.63) is 57.6 Å². The second kappa shape index (κ2) is 5.58. The highest BCUT2D eigenvalue weighted by Gasteiger charge is 2.19. The van der Waals surface area contributed by atoms with E-state index in [1.165, 1.54) is 0 Å². The molecule has 3 nitrogen and oxygen atoms in total.